The molecule has 12 heteroatoms. The van der Waals surface area contributed by atoms with E-state index in [1.165, 1.54) is 0 Å². The molecule has 0 saturated heterocycles. The van der Waals surface area contributed by atoms with E-state index in [2.05, 4.69) is 4.18 Å². The van der Waals surface area contributed by atoms with Crippen LogP contribution in [0.1, 0.15) is 5.56 Å². The lowest BCUT2D eigenvalue weighted by molar-refractivity contribution is -0.385. The molecule has 0 spiro atoms. The van der Waals surface area contributed by atoms with Gasteiger partial charge >= 0.3 is 22.0 Å². The summed E-state index contributed by atoms with van der Waals surface area (Å²) in [5, 5.41) is 10.1. The second-order valence-corrected chi connectivity index (χ2v) is 6.50. The summed E-state index contributed by atoms with van der Waals surface area (Å²) in [7, 11) is -4.92. The number of nitrogens with zero attached hydrogens (tertiary/aromatic N) is 1. The van der Waals surface area contributed by atoms with Gasteiger partial charge in [-0.3, -0.25) is 10.1 Å². The molecular weight excluding hydrogens is 394 g/mol. The third-order valence-electron chi connectivity index (χ3n) is 2.85. The fraction of sp³-hybridized carbons (Fsp3) is 0.0769. The van der Waals surface area contributed by atoms with E-state index in [9.17, 15) is 36.1 Å². The molecule has 0 radical (unpaired) electrons. The summed E-state index contributed by atoms with van der Waals surface area (Å²) in [6, 6.07) is 3.39. The third kappa shape index (κ3) is 4.17. The Morgan fingerprint density at radius 1 is 1.12 bits per heavy atom. The summed E-state index contributed by atoms with van der Waals surface area (Å²) >= 11 is 5.38. The fourth-order valence-electron chi connectivity index (χ4n) is 1.75. The standard InChI is InChI=1S/C13H6ClF4NO5S/c14-10-3-2-8(6-9(10)13(16,17)18)25(22,23)24-12-5-7(15)1-4-11(12)19(20)21/h1-6H. The van der Waals surface area contributed by atoms with E-state index >= 15 is 0 Å². The highest BCUT2D eigenvalue weighted by Crippen LogP contribution is 2.37. The number of hydrogen-bond donors (Lipinski definition) is 0. The van der Waals surface area contributed by atoms with Crippen molar-refractivity contribution in [2.45, 2.75) is 11.1 Å². The Bertz CT molecular complexity index is 946. The topological polar surface area (TPSA) is 86.5 Å². The van der Waals surface area contributed by atoms with E-state index in [1.807, 2.05) is 0 Å². The number of halogens is 5. The number of rotatable bonds is 4. The second-order valence-electron chi connectivity index (χ2n) is 4.55. The van der Waals surface area contributed by atoms with Gasteiger partial charge in [0.05, 0.1) is 15.5 Å². The van der Waals surface area contributed by atoms with E-state index in [0.717, 1.165) is 6.07 Å². The number of nitro benzene ring substituents is 1. The molecule has 0 aliphatic carbocycles. The first-order chi connectivity index (χ1) is 11.4. The van der Waals surface area contributed by atoms with Crippen molar-refractivity contribution in [3.05, 3.63) is 62.9 Å². The summed E-state index contributed by atoms with van der Waals surface area (Å²) in [6.45, 7) is 0. The van der Waals surface area contributed by atoms with Crippen LogP contribution in [0.3, 0.4) is 0 Å². The maximum Gasteiger partial charge on any atom is 0.417 e. The van der Waals surface area contributed by atoms with Gasteiger partial charge in [-0.1, -0.05) is 11.6 Å². The highest BCUT2D eigenvalue weighted by Gasteiger charge is 2.35. The van der Waals surface area contributed by atoms with Gasteiger partial charge < -0.3 is 4.18 Å². The van der Waals surface area contributed by atoms with Crippen LogP contribution in [-0.4, -0.2) is 13.3 Å². The van der Waals surface area contributed by atoms with Crippen LogP contribution in [-0.2, 0) is 16.3 Å². The average molecular weight is 400 g/mol. The van der Waals surface area contributed by atoms with Crippen LogP contribution in [0.4, 0.5) is 23.2 Å². The van der Waals surface area contributed by atoms with Crippen LogP contribution in [0.2, 0.25) is 5.02 Å². The summed E-state index contributed by atoms with van der Waals surface area (Å²) in [6.07, 6.45) is -4.94. The predicted molar refractivity (Wildman–Crippen MR) is 77.3 cm³/mol. The van der Waals surface area contributed by atoms with Gasteiger partial charge in [0, 0.05) is 12.1 Å². The summed E-state index contributed by atoms with van der Waals surface area (Å²) < 4.78 is 80.3. The van der Waals surface area contributed by atoms with Crippen molar-refractivity contribution in [2.75, 3.05) is 0 Å². The van der Waals surface area contributed by atoms with Gasteiger partial charge in [0.15, 0.2) is 0 Å². The lowest BCUT2D eigenvalue weighted by Crippen LogP contribution is -2.13. The van der Waals surface area contributed by atoms with Crippen molar-refractivity contribution >= 4 is 27.4 Å². The number of alkyl halides is 3. The Kier molecular flexibility index (Phi) is 4.91. The smallest absolute Gasteiger partial charge is 0.371 e. The Labute approximate surface area is 142 Å². The average Bonchev–Trinajstić information content (AvgIpc) is 2.45. The summed E-state index contributed by atoms with van der Waals surface area (Å²) in [4.78, 5) is 8.84. The molecule has 0 atom stereocenters. The zero-order valence-corrected chi connectivity index (χ0v) is 13.3. The van der Waals surface area contributed by atoms with Gasteiger partial charge in [0.1, 0.15) is 10.7 Å². The molecule has 0 aliphatic heterocycles. The van der Waals surface area contributed by atoms with E-state index in [4.69, 9.17) is 11.6 Å². The molecular formula is C13H6ClF4NO5S. The van der Waals surface area contributed by atoms with Gasteiger partial charge in [-0.25, -0.2) is 4.39 Å². The zero-order chi connectivity index (χ0) is 19.0. The third-order valence-corrected chi connectivity index (χ3v) is 4.41. The van der Waals surface area contributed by atoms with Crippen molar-refractivity contribution in [1.82, 2.24) is 0 Å². The fourth-order valence-corrected chi connectivity index (χ4v) is 2.94. The van der Waals surface area contributed by atoms with E-state index < -0.39 is 54.0 Å². The number of nitro groups is 1. The van der Waals surface area contributed by atoms with Crippen molar-refractivity contribution in [1.29, 1.82) is 0 Å². The minimum Gasteiger partial charge on any atom is -0.371 e. The maximum atomic E-state index is 13.2. The Balaban J connectivity index is 2.51. The molecule has 2 rings (SSSR count). The number of hydrogen-bond acceptors (Lipinski definition) is 5. The van der Waals surface area contributed by atoms with Crippen LogP contribution < -0.4 is 4.18 Å². The van der Waals surface area contributed by atoms with Crippen molar-refractivity contribution in [2.24, 2.45) is 0 Å². The quantitative estimate of drug-likeness (QED) is 0.333. The van der Waals surface area contributed by atoms with E-state index in [1.54, 1.807) is 0 Å². The summed E-state index contributed by atoms with van der Waals surface area (Å²) in [5.74, 6) is -2.02. The van der Waals surface area contributed by atoms with Gasteiger partial charge in [-0.2, -0.15) is 21.6 Å². The lowest BCUT2D eigenvalue weighted by atomic mass is 10.2. The minimum atomic E-state index is -4.94. The SMILES string of the molecule is O=[N+]([O-])c1ccc(F)cc1OS(=O)(=O)c1ccc(Cl)c(C(F)(F)F)c1. The molecule has 0 heterocycles. The van der Waals surface area contributed by atoms with E-state index in [-0.39, 0.29) is 6.07 Å². The molecule has 6 nitrogen and oxygen atoms in total. The van der Waals surface area contributed by atoms with Crippen LogP contribution in [0.15, 0.2) is 41.3 Å². The molecule has 0 saturated carbocycles. The molecule has 25 heavy (non-hydrogen) atoms. The highest BCUT2D eigenvalue weighted by molar-refractivity contribution is 7.87. The molecule has 2 aromatic rings. The first-order valence-electron chi connectivity index (χ1n) is 6.17. The summed E-state index contributed by atoms with van der Waals surface area (Å²) in [5.41, 5.74) is -2.32. The molecule has 0 N–H and O–H groups in total. The zero-order valence-electron chi connectivity index (χ0n) is 11.8. The van der Waals surface area contributed by atoms with Crippen LogP contribution in [0.5, 0.6) is 5.75 Å². The van der Waals surface area contributed by atoms with Crippen LogP contribution in [0.25, 0.3) is 0 Å². The van der Waals surface area contributed by atoms with Gasteiger partial charge in [-0.15, -0.1) is 0 Å². The molecule has 0 aromatic heterocycles. The Hall–Kier alpha value is -2.40. The van der Waals surface area contributed by atoms with Gasteiger partial charge in [-0.05, 0) is 24.3 Å². The highest BCUT2D eigenvalue weighted by atomic mass is 35.5. The molecule has 2 aromatic carbocycles. The van der Waals surface area contributed by atoms with E-state index in [0.29, 0.717) is 24.3 Å². The molecule has 0 aliphatic rings. The van der Waals surface area contributed by atoms with Crippen molar-refractivity contribution in [3.8, 4) is 5.75 Å². The second kappa shape index (κ2) is 6.48. The van der Waals surface area contributed by atoms with Gasteiger partial charge in [0.2, 0.25) is 5.75 Å². The molecule has 0 fully saturated rings. The largest absolute Gasteiger partial charge is 0.417 e. The maximum absolute atomic E-state index is 13.2. The van der Waals surface area contributed by atoms with Crippen molar-refractivity contribution in [3.63, 3.8) is 0 Å². The molecule has 0 unspecified atom stereocenters. The van der Waals surface area contributed by atoms with Crippen LogP contribution in [0, 0.1) is 15.9 Å². The Morgan fingerprint density at radius 2 is 1.76 bits per heavy atom. The van der Waals surface area contributed by atoms with Gasteiger partial charge in [0.25, 0.3) is 0 Å². The first kappa shape index (κ1) is 18.9. The predicted octanol–water partition coefficient (Wildman–Crippen LogP) is 4.17. The number of benzene rings is 2. The minimum absolute atomic E-state index is 0.211. The van der Waals surface area contributed by atoms with Crippen LogP contribution >= 0.6 is 11.6 Å². The molecule has 0 amide bonds. The van der Waals surface area contributed by atoms with Crippen molar-refractivity contribution < 1.29 is 35.1 Å². The first-order valence-corrected chi connectivity index (χ1v) is 7.95. The monoisotopic (exact) mass is 399 g/mol. The lowest BCUT2D eigenvalue weighted by Gasteiger charge is -2.12. The normalized spacial score (nSPS) is 12.0. The molecule has 0 bridgehead atoms. The molecule has 134 valence electrons. The Morgan fingerprint density at radius 3 is 2.32 bits per heavy atom.